The summed E-state index contributed by atoms with van der Waals surface area (Å²) in [5.74, 6) is -0.873. The van der Waals surface area contributed by atoms with E-state index >= 15 is 0 Å². The van der Waals surface area contributed by atoms with Crippen LogP contribution in [-0.2, 0) is 16.2 Å². The molecule has 1 aliphatic rings. The largest absolute Gasteiger partial charge is 0.470 e. The summed E-state index contributed by atoms with van der Waals surface area (Å²) in [5.41, 5.74) is -0.685. The summed E-state index contributed by atoms with van der Waals surface area (Å²) < 4.78 is 70.8. The van der Waals surface area contributed by atoms with Crippen molar-refractivity contribution in [1.82, 2.24) is 14.2 Å². The normalized spacial score (nSPS) is 15.1. The highest BCUT2D eigenvalue weighted by molar-refractivity contribution is 7.89. The first-order chi connectivity index (χ1) is 14.6. The molecule has 168 valence electrons. The number of carbonyl (C=O) groups is 1. The van der Waals surface area contributed by atoms with E-state index in [0.29, 0.717) is 13.1 Å². The number of ether oxygens (including phenoxy) is 1. The average molecular weight is 457 g/mol. The molecule has 2 heterocycles. The molecule has 0 radical (unpaired) electrons. The van der Waals surface area contributed by atoms with Gasteiger partial charge in [-0.15, -0.1) is 0 Å². The van der Waals surface area contributed by atoms with Gasteiger partial charge in [0.1, 0.15) is 11.7 Å². The molecule has 0 saturated carbocycles. The summed E-state index contributed by atoms with van der Waals surface area (Å²) in [6.45, 7) is 4.36. The van der Waals surface area contributed by atoms with Crippen LogP contribution < -0.4 is 4.74 Å². The van der Waals surface area contributed by atoms with Gasteiger partial charge in [-0.1, -0.05) is 13.8 Å². The molecule has 7 nitrogen and oxygen atoms in total. The zero-order chi connectivity index (χ0) is 22.8. The number of aromatic nitrogens is 1. The van der Waals surface area contributed by atoms with Gasteiger partial charge in [0.2, 0.25) is 15.9 Å². The lowest BCUT2D eigenvalue weighted by Crippen LogP contribution is -2.56. The first kappa shape index (κ1) is 23.0. The Morgan fingerprint density at radius 2 is 1.77 bits per heavy atom. The summed E-state index contributed by atoms with van der Waals surface area (Å²) in [4.78, 5) is 17.7. The molecule has 2 aromatic rings. The molecule has 0 spiro atoms. The van der Waals surface area contributed by atoms with Crippen LogP contribution in [-0.4, -0.2) is 60.8 Å². The van der Waals surface area contributed by atoms with Crippen molar-refractivity contribution in [1.29, 1.82) is 0 Å². The number of hydrogen-bond acceptors (Lipinski definition) is 5. The topological polar surface area (TPSA) is 79.8 Å². The van der Waals surface area contributed by atoms with E-state index in [1.54, 1.807) is 13.8 Å². The molecule has 11 heteroatoms. The second kappa shape index (κ2) is 8.83. The molecular formula is C20H22F3N3O4S. The predicted octanol–water partition coefficient (Wildman–Crippen LogP) is 3.03. The highest BCUT2D eigenvalue weighted by atomic mass is 32.2. The molecule has 0 atom stereocenters. The van der Waals surface area contributed by atoms with E-state index in [1.807, 2.05) is 0 Å². The maximum atomic E-state index is 13.0. The van der Waals surface area contributed by atoms with Crippen LogP contribution in [0.4, 0.5) is 13.2 Å². The highest BCUT2D eigenvalue weighted by Gasteiger charge is 2.38. The van der Waals surface area contributed by atoms with Crippen LogP contribution >= 0.6 is 0 Å². The van der Waals surface area contributed by atoms with Crippen molar-refractivity contribution >= 4 is 15.9 Å². The van der Waals surface area contributed by atoms with Crippen molar-refractivity contribution < 1.29 is 31.1 Å². The van der Waals surface area contributed by atoms with E-state index in [9.17, 15) is 26.4 Å². The summed E-state index contributed by atoms with van der Waals surface area (Å²) >= 11 is 0. The zero-order valence-electron chi connectivity index (χ0n) is 17.0. The predicted molar refractivity (Wildman–Crippen MR) is 106 cm³/mol. The number of hydrogen-bond donors (Lipinski definition) is 0. The number of pyridine rings is 1. The van der Waals surface area contributed by atoms with Gasteiger partial charge in [0, 0.05) is 24.8 Å². The maximum absolute atomic E-state index is 13.0. The van der Waals surface area contributed by atoms with Crippen molar-refractivity contribution in [3.05, 3.63) is 53.7 Å². The van der Waals surface area contributed by atoms with Gasteiger partial charge in [0.15, 0.2) is 0 Å². The summed E-state index contributed by atoms with van der Waals surface area (Å²) in [5, 5.41) is 0. The van der Waals surface area contributed by atoms with E-state index < -0.39 is 33.7 Å². The van der Waals surface area contributed by atoms with Crippen LogP contribution in [0.2, 0.25) is 0 Å². The summed E-state index contributed by atoms with van der Waals surface area (Å²) in [6, 6.07) is 7.66. The van der Waals surface area contributed by atoms with Crippen molar-refractivity contribution in [2.24, 2.45) is 0 Å². The number of benzene rings is 1. The lowest BCUT2D eigenvalue weighted by atomic mass is 10.1. The Labute approximate surface area is 178 Å². The second-order valence-electron chi connectivity index (χ2n) is 6.92. The SMILES string of the molecule is CCN(CC)S(=O)(=O)c1ccc(C(=O)N2CC(Oc3ncccc3C(F)(F)F)C2)cc1. The van der Waals surface area contributed by atoms with Crippen molar-refractivity contribution in [3.8, 4) is 5.88 Å². The minimum Gasteiger partial charge on any atom is -0.470 e. The molecule has 1 aromatic heterocycles. The molecule has 0 aliphatic carbocycles. The molecule has 1 amide bonds. The Morgan fingerprint density at radius 3 is 2.32 bits per heavy atom. The minimum absolute atomic E-state index is 0.0902. The van der Waals surface area contributed by atoms with Crippen molar-refractivity contribution in [2.45, 2.75) is 31.0 Å². The number of halogens is 3. The Bertz CT molecular complexity index is 1030. The van der Waals surface area contributed by atoms with E-state index in [4.69, 9.17) is 4.74 Å². The minimum atomic E-state index is -4.59. The number of nitrogens with zero attached hydrogens (tertiary/aromatic N) is 3. The fraction of sp³-hybridized carbons (Fsp3) is 0.400. The van der Waals surface area contributed by atoms with Gasteiger partial charge in [-0.05, 0) is 36.4 Å². The third-order valence-corrected chi connectivity index (χ3v) is 7.00. The zero-order valence-corrected chi connectivity index (χ0v) is 17.8. The van der Waals surface area contributed by atoms with Crippen LogP contribution in [0, 0.1) is 0 Å². The van der Waals surface area contributed by atoms with Gasteiger partial charge in [0.25, 0.3) is 5.91 Å². The fourth-order valence-corrected chi connectivity index (χ4v) is 4.66. The molecule has 0 unspecified atom stereocenters. The first-order valence-corrected chi connectivity index (χ1v) is 11.1. The van der Waals surface area contributed by atoms with Gasteiger partial charge in [-0.2, -0.15) is 17.5 Å². The van der Waals surface area contributed by atoms with Gasteiger partial charge < -0.3 is 9.64 Å². The third kappa shape index (κ3) is 4.82. The first-order valence-electron chi connectivity index (χ1n) is 9.66. The monoisotopic (exact) mass is 457 g/mol. The average Bonchev–Trinajstić information content (AvgIpc) is 2.70. The van der Waals surface area contributed by atoms with Crippen molar-refractivity contribution in [2.75, 3.05) is 26.2 Å². The molecule has 1 aliphatic heterocycles. The van der Waals surface area contributed by atoms with Crippen molar-refractivity contribution in [3.63, 3.8) is 0 Å². The van der Waals surface area contributed by atoms with Gasteiger partial charge in [0.05, 0.1) is 18.0 Å². The number of amides is 1. The quantitative estimate of drug-likeness (QED) is 0.639. The number of alkyl halides is 3. The molecule has 1 aromatic carbocycles. The highest BCUT2D eigenvalue weighted by Crippen LogP contribution is 2.35. The maximum Gasteiger partial charge on any atom is 0.421 e. The number of sulfonamides is 1. The van der Waals surface area contributed by atoms with Crippen LogP contribution in [0.25, 0.3) is 0 Å². The standard InChI is InChI=1S/C20H22F3N3O4S/c1-3-26(4-2)31(28,29)16-9-7-14(8-10-16)19(27)25-12-15(13-25)30-18-17(20(21,22)23)6-5-11-24-18/h5-11,15H,3-4,12-13H2,1-2H3. The number of rotatable bonds is 7. The van der Waals surface area contributed by atoms with Crippen LogP contribution in [0.3, 0.4) is 0 Å². The molecule has 0 bridgehead atoms. The lowest BCUT2D eigenvalue weighted by Gasteiger charge is -2.39. The molecule has 3 rings (SSSR count). The molecule has 1 fully saturated rings. The van der Waals surface area contributed by atoms with E-state index in [0.717, 1.165) is 6.07 Å². The number of likely N-dealkylation sites (tertiary alicyclic amines) is 1. The summed E-state index contributed by atoms with van der Waals surface area (Å²) in [6.07, 6.45) is -3.99. The smallest absolute Gasteiger partial charge is 0.421 e. The van der Waals surface area contributed by atoms with Crippen LogP contribution in [0.5, 0.6) is 5.88 Å². The van der Waals surface area contributed by atoms with Crippen LogP contribution in [0.1, 0.15) is 29.8 Å². The Balaban J connectivity index is 1.63. The fourth-order valence-electron chi connectivity index (χ4n) is 3.20. The Kier molecular flexibility index (Phi) is 6.56. The van der Waals surface area contributed by atoms with E-state index in [2.05, 4.69) is 4.98 Å². The van der Waals surface area contributed by atoms with Crippen LogP contribution in [0.15, 0.2) is 47.5 Å². The molecule has 1 saturated heterocycles. The van der Waals surface area contributed by atoms with E-state index in [1.165, 1.54) is 45.7 Å². The second-order valence-corrected chi connectivity index (χ2v) is 8.86. The molecule has 0 N–H and O–H groups in total. The molecular weight excluding hydrogens is 435 g/mol. The summed E-state index contributed by atoms with van der Waals surface area (Å²) in [7, 11) is -3.63. The molecule has 31 heavy (non-hydrogen) atoms. The third-order valence-electron chi connectivity index (χ3n) is 4.93. The van der Waals surface area contributed by atoms with E-state index in [-0.39, 0.29) is 29.5 Å². The Hall–Kier alpha value is -2.66. The van der Waals surface area contributed by atoms with Gasteiger partial charge >= 0.3 is 6.18 Å². The lowest BCUT2D eigenvalue weighted by molar-refractivity contribution is -0.140. The Morgan fingerprint density at radius 1 is 1.16 bits per heavy atom. The van der Waals surface area contributed by atoms with Gasteiger partial charge in [-0.25, -0.2) is 13.4 Å². The number of carbonyl (C=O) groups excluding carboxylic acids is 1. The van der Waals surface area contributed by atoms with Gasteiger partial charge in [-0.3, -0.25) is 4.79 Å².